The summed E-state index contributed by atoms with van der Waals surface area (Å²) in [4.78, 5) is 54.4. The molecule has 0 unspecified atom stereocenters. The van der Waals surface area contributed by atoms with Crippen LogP contribution in [0.25, 0.3) is 112 Å². The Morgan fingerprint density at radius 3 is 1.05 bits per heavy atom. The molecule has 1 fully saturated rings. The number of nitrogens with zero attached hydrogens (tertiary/aromatic N) is 16. The van der Waals surface area contributed by atoms with E-state index in [1.165, 1.54) is 113 Å². The average molecular weight is 1960 g/mol. The van der Waals surface area contributed by atoms with Crippen molar-refractivity contribution in [2.75, 3.05) is 26.4 Å². The smallest absolute Gasteiger partial charge is 0.476 e. The van der Waals surface area contributed by atoms with Gasteiger partial charge in [-0.25, -0.2) is 4.79 Å². The molecule has 14 aromatic rings. The van der Waals surface area contributed by atoms with Gasteiger partial charge in [0.15, 0.2) is 67.0 Å². The predicted molar refractivity (Wildman–Crippen MR) is 542 cm³/mol. The Morgan fingerprint density at radius 2 is 0.699 bits per heavy atom. The minimum Gasteiger partial charge on any atom is -0.476 e. The first-order chi connectivity index (χ1) is 64.5. The van der Waals surface area contributed by atoms with Gasteiger partial charge in [-0.1, -0.05) is 192 Å². The average Bonchev–Trinajstić information content (AvgIpc) is 1.61. The van der Waals surface area contributed by atoms with E-state index >= 15 is 0 Å². The van der Waals surface area contributed by atoms with E-state index in [1.54, 1.807) is 17.2 Å². The molecular formula is C101H118BBrN18O11Si4. The van der Waals surface area contributed by atoms with E-state index in [9.17, 15) is 24.3 Å². The van der Waals surface area contributed by atoms with Crippen LogP contribution in [0.5, 0.6) is 0 Å². The number of halogens is 1. The van der Waals surface area contributed by atoms with Crippen molar-refractivity contribution in [2.45, 2.75) is 215 Å². The summed E-state index contributed by atoms with van der Waals surface area (Å²) in [6.07, 6.45) is 6.73. The molecule has 6 aromatic heterocycles. The number of carbonyl (C=O) groups is 4. The fraction of sp³-hybridized carbons (Fsp3) is 0.366. The van der Waals surface area contributed by atoms with Crippen molar-refractivity contribution in [1.82, 2.24) is 90.8 Å². The fourth-order valence-electron chi connectivity index (χ4n) is 16.9. The van der Waals surface area contributed by atoms with E-state index in [0.717, 1.165) is 122 Å². The Labute approximate surface area is 805 Å². The highest BCUT2D eigenvalue weighted by Crippen LogP contribution is 2.46. The number of H-pyrrole nitrogens is 2. The number of hydrogen-bond donors (Lipinski definition) is 3. The van der Waals surface area contributed by atoms with E-state index in [1.807, 2.05) is 42.5 Å². The Kier molecular flexibility index (Phi) is 28.5. The Morgan fingerprint density at radius 1 is 0.375 bits per heavy atom. The van der Waals surface area contributed by atoms with Crippen molar-refractivity contribution in [3.05, 3.63) is 230 Å². The molecule has 136 heavy (non-hydrogen) atoms. The van der Waals surface area contributed by atoms with Gasteiger partial charge in [0.05, 0.1) is 23.6 Å². The number of aromatic nitrogens is 18. The maximum atomic E-state index is 12.4. The summed E-state index contributed by atoms with van der Waals surface area (Å²) in [6.45, 7) is 44.6. The highest BCUT2D eigenvalue weighted by molar-refractivity contribution is 9.10. The van der Waals surface area contributed by atoms with Crippen LogP contribution in [0.15, 0.2) is 162 Å². The van der Waals surface area contributed by atoms with Gasteiger partial charge in [0, 0.05) is 117 Å². The van der Waals surface area contributed by atoms with Crippen molar-refractivity contribution in [3.63, 3.8) is 0 Å². The van der Waals surface area contributed by atoms with Gasteiger partial charge in [-0.15, -0.1) is 20.4 Å². The summed E-state index contributed by atoms with van der Waals surface area (Å²) in [7, 11) is -5.01. The van der Waals surface area contributed by atoms with Crippen LogP contribution >= 0.6 is 15.9 Å². The van der Waals surface area contributed by atoms with Crippen molar-refractivity contribution < 1.29 is 52.5 Å². The lowest BCUT2D eigenvalue weighted by Crippen LogP contribution is -2.41. The number of fused-ring (bicyclic) bond motifs is 12. The SMILES string of the molecule is CC(=O)c1nn(COCC[Si](C)(C)C)nc1-c1ccc2c(c1)Cc1cc(-c3cnn(COCC[Si](C)(C)C)n3)ccc1-2.CC(=O)c1nn(COCC[Si](C)(C)C)nc1-c1ccc2c(c1)Cc1cc(B3OC(C)(C)C(C)(C)O3)ccc1-2.CC(=O)c1nn(COCC[Si](C)(C)C)nc1-c1ccc2c(c1)Cc1cc(Br)ccc1-2.O=C(O)c1n[nH]nc1-c1ccc2c(c1)Cc1cc(-c3cn[nH]n3)ccc1-2. The molecule has 5 aliphatic rings. The lowest BCUT2D eigenvalue weighted by atomic mass is 9.78. The van der Waals surface area contributed by atoms with Crippen LogP contribution in [-0.2, 0) is 80.9 Å². The number of ketones is 3. The third-order valence-electron chi connectivity index (χ3n) is 25.2. The molecule has 3 N–H and O–H groups in total. The molecule has 0 bridgehead atoms. The minimum absolute atomic E-state index is 0.0752. The molecule has 704 valence electrons. The molecule has 0 amide bonds. The van der Waals surface area contributed by atoms with Gasteiger partial charge < -0.3 is 33.4 Å². The number of carboxylic acid groups (broad SMARTS) is 1. The quantitative estimate of drug-likeness (QED) is 0.0206. The molecule has 0 spiro atoms. The first-order valence-corrected chi connectivity index (χ1v) is 61.8. The first-order valence-electron chi connectivity index (χ1n) is 46.2. The highest BCUT2D eigenvalue weighted by Gasteiger charge is 2.52. The third kappa shape index (κ3) is 22.7. The van der Waals surface area contributed by atoms with Crippen molar-refractivity contribution in [3.8, 4) is 112 Å². The van der Waals surface area contributed by atoms with Crippen LogP contribution < -0.4 is 5.46 Å². The summed E-state index contributed by atoms with van der Waals surface area (Å²) >= 11 is 3.56. The number of Topliss-reactive ketones (excluding diaryl/α,β-unsaturated/α-hetero) is 3. The fourth-order valence-corrected chi connectivity index (χ4v) is 20.3. The van der Waals surface area contributed by atoms with E-state index in [0.29, 0.717) is 66.4 Å². The lowest BCUT2D eigenvalue weighted by Gasteiger charge is -2.32. The Bertz CT molecular complexity index is 6840. The number of benzene rings is 8. The molecule has 0 radical (unpaired) electrons. The topological polar surface area (TPSA) is 350 Å². The zero-order chi connectivity index (χ0) is 96.7. The third-order valence-corrected chi connectivity index (χ3v) is 32.5. The maximum absolute atomic E-state index is 12.4. The molecule has 29 nitrogen and oxygen atoms in total. The second-order valence-corrected chi connectivity index (χ2v) is 64.8. The monoisotopic (exact) mass is 1960 g/mol. The molecule has 1 aliphatic heterocycles. The predicted octanol–water partition coefficient (Wildman–Crippen LogP) is 20.3. The molecule has 0 saturated carbocycles. The van der Waals surface area contributed by atoms with E-state index in [-0.39, 0.29) is 61.6 Å². The molecule has 1 saturated heterocycles. The standard InChI is InChI=1S/C31H42N6O3Si2.C29H38BN3O4Si.C23H26BrN3O2Si.C18H12N6O2/c1-22(38)30-31(35-37(34-30)21-40-13-15-42(5,6)7)24-9-11-28-26(17-24)18-25-16-23(8-10-27(25)28)29-19-32-36(33-29)20-39-12-14-41(2,3)4;1-19(34)26-27(32-33(31-26)18-35-13-14-38(6,7)8)20-9-11-24-21(15-20)16-22-17-23(10-12-25(22)24)30-36-28(2,3)29(4,5)37-30;1-15(28)22-23(26-27(25-22)14-29-9-10-30(2,3)4)16-5-7-20-17(11-16)12-18-13-19(24)6-8-21(18)20;25-18(26)17-16(21-24-22-17)10-2-4-14-12(6-10)7-11-5-9(1-3-13(11)14)15-8-19-23-20-15/h8-11,16-17,19H,12-15,18,20-21H2,1-7H3;9-12,15,17H,13-14,16,18H2,1-8H3;5-8,11,13H,9-10,12,14H2,1-4H3;1-6,8H,7H2,(H,25,26)(H,19,20,23)(H,21,22,24). The van der Waals surface area contributed by atoms with Crippen LogP contribution in [0.4, 0.5) is 0 Å². The van der Waals surface area contributed by atoms with E-state index in [4.69, 9.17) is 28.3 Å². The summed E-state index contributed by atoms with van der Waals surface area (Å²) in [5, 5.41) is 66.2. The first kappa shape index (κ1) is 97.3. The number of ether oxygens (including phenoxy) is 4. The number of carboxylic acids is 1. The lowest BCUT2D eigenvalue weighted by molar-refractivity contribution is 0.00578. The number of rotatable bonds is 31. The number of aromatic carboxylic acids is 1. The zero-order valence-corrected chi connectivity index (χ0v) is 86.6. The molecule has 4 aliphatic carbocycles. The molecule has 0 atom stereocenters. The maximum Gasteiger partial charge on any atom is 0.494 e. The summed E-state index contributed by atoms with van der Waals surface area (Å²) in [5.41, 5.74) is 30.1. The largest absolute Gasteiger partial charge is 0.494 e. The molecule has 19 rings (SSSR count). The van der Waals surface area contributed by atoms with Crippen molar-refractivity contribution in [2.24, 2.45) is 0 Å². The van der Waals surface area contributed by atoms with Gasteiger partial charge >= 0.3 is 13.1 Å². The van der Waals surface area contributed by atoms with Crippen molar-refractivity contribution >= 4 is 84.1 Å². The van der Waals surface area contributed by atoms with Crippen molar-refractivity contribution in [1.29, 1.82) is 0 Å². The second-order valence-electron chi connectivity index (χ2n) is 41.4. The van der Waals surface area contributed by atoms with Crippen LogP contribution in [-0.4, -0.2) is 196 Å². The molecule has 7 heterocycles. The Hall–Kier alpha value is -11.7. The second kappa shape index (κ2) is 39.8. The Balaban J connectivity index is 0.000000133. The van der Waals surface area contributed by atoms with Gasteiger partial charge in [0.25, 0.3) is 0 Å². The van der Waals surface area contributed by atoms with Crippen LogP contribution in [0, 0.1) is 0 Å². The number of hydrogen-bond acceptors (Lipinski definition) is 22. The van der Waals surface area contributed by atoms with E-state index < -0.39 is 38.3 Å². The van der Waals surface area contributed by atoms with Crippen LogP contribution in [0.3, 0.4) is 0 Å². The summed E-state index contributed by atoms with van der Waals surface area (Å²) in [5.74, 6) is -1.41. The van der Waals surface area contributed by atoms with Gasteiger partial charge in [-0.2, -0.15) is 70.4 Å². The highest BCUT2D eigenvalue weighted by atomic mass is 79.9. The number of aromatic amines is 2. The number of carbonyl (C=O) groups excluding carboxylic acids is 3. The summed E-state index contributed by atoms with van der Waals surface area (Å²) in [6, 6.07) is 54.6. The summed E-state index contributed by atoms with van der Waals surface area (Å²) < 4.78 is 36.8. The molecular weight excluding hydrogens is 1840 g/mol. The number of nitrogens with one attached hydrogen (secondary N) is 2. The molecule has 8 aromatic carbocycles. The van der Waals surface area contributed by atoms with Gasteiger partial charge in [-0.05, 0) is 221 Å². The van der Waals surface area contributed by atoms with Gasteiger partial charge in [-0.3, -0.25) is 14.4 Å². The van der Waals surface area contributed by atoms with E-state index in [2.05, 4.69) is 297 Å². The van der Waals surface area contributed by atoms with Crippen LogP contribution in [0.2, 0.25) is 103 Å². The molecule has 35 heteroatoms. The zero-order valence-electron chi connectivity index (χ0n) is 81.0. The van der Waals surface area contributed by atoms with Gasteiger partial charge in [0.1, 0.15) is 34.2 Å². The van der Waals surface area contributed by atoms with Gasteiger partial charge in [0.2, 0.25) is 0 Å². The normalized spacial score (nSPS) is 14.0. The van der Waals surface area contributed by atoms with Crippen LogP contribution in [0.1, 0.15) is 135 Å². The minimum atomic E-state index is -1.18.